The number of carbonyl (C=O) groups is 1. The van der Waals surface area contributed by atoms with Crippen LogP contribution in [0.25, 0.3) is 0 Å². The lowest BCUT2D eigenvalue weighted by Crippen LogP contribution is -2.26. The second-order valence-corrected chi connectivity index (χ2v) is 4.61. The molecule has 0 unspecified atom stereocenters. The van der Waals surface area contributed by atoms with Gasteiger partial charge < -0.3 is 15.7 Å². The average Bonchev–Trinajstić information content (AvgIpc) is 2.46. The van der Waals surface area contributed by atoms with E-state index in [1.54, 1.807) is 31.3 Å². The van der Waals surface area contributed by atoms with Crippen LogP contribution in [0.5, 0.6) is 5.75 Å². The molecule has 0 spiro atoms. The molecule has 1 aromatic carbocycles. The highest BCUT2D eigenvalue weighted by Gasteiger charge is 2.16. The first kappa shape index (κ1) is 14.0. The number of benzene rings is 1. The topological polar surface area (TPSA) is 79.5 Å². The quantitative estimate of drug-likeness (QED) is 0.840. The van der Waals surface area contributed by atoms with E-state index in [1.165, 1.54) is 23.4 Å². The highest BCUT2D eigenvalue weighted by molar-refractivity contribution is 7.80. The summed E-state index contributed by atoms with van der Waals surface area (Å²) in [6.45, 7) is 0. The molecule has 0 saturated carbocycles. The number of aromatic hydroxyl groups is 1. The van der Waals surface area contributed by atoms with Crippen molar-refractivity contribution in [3.63, 3.8) is 0 Å². The maximum Gasteiger partial charge on any atom is 0.261 e. The number of hydrogen-bond donors (Lipinski definition) is 2. The summed E-state index contributed by atoms with van der Waals surface area (Å²) in [6.07, 6.45) is 2.69. The Morgan fingerprint density at radius 3 is 2.50 bits per heavy atom. The zero-order chi connectivity index (χ0) is 14.7. The third kappa shape index (κ3) is 2.75. The average molecular weight is 287 g/mol. The van der Waals surface area contributed by atoms with Gasteiger partial charge in [-0.25, -0.2) is 0 Å². The molecular weight excluding hydrogens is 274 g/mol. The zero-order valence-electron chi connectivity index (χ0n) is 10.8. The third-order valence-electron chi connectivity index (χ3n) is 2.87. The molecule has 3 N–H and O–H groups in total. The van der Waals surface area contributed by atoms with Gasteiger partial charge in [0.15, 0.2) is 0 Å². The van der Waals surface area contributed by atoms with Crippen LogP contribution in [0.4, 0.5) is 5.69 Å². The van der Waals surface area contributed by atoms with E-state index < -0.39 is 0 Å². The first-order chi connectivity index (χ1) is 9.50. The summed E-state index contributed by atoms with van der Waals surface area (Å²) in [7, 11) is 1.62. The molecule has 0 aliphatic carbocycles. The van der Waals surface area contributed by atoms with Gasteiger partial charge in [-0.05, 0) is 30.3 Å². The Balaban J connectivity index is 2.27. The lowest BCUT2D eigenvalue weighted by Gasteiger charge is -2.18. The van der Waals surface area contributed by atoms with Crippen LogP contribution in [0.3, 0.4) is 0 Å². The van der Waals surface area contributed by atoms with Crippen molar-refractivity contribution >= 4 is 28.8 Å². The van der Waals surface area contributed by atoms with Gasteiger partial charge in [-0.15, -0.1) is 0 Å². The van der Waals surface area contributed by atoms with Gasteiger partial charge in [-0.1, -0.05) is 12.2 Å². The molecule has 20 heavy (non-hydrogen) atoms. The molecule has 2 rings (SSSR count). The molecule has 0 bridgehead atoms. The maximum absolute atomic E-state index is 12.3. The summed E-state index contributed by atoms with van der Waals surface area (Å²) < 4.78 is 0. The van der Waals surface area contributed by atoms with Gasteiger partial charge in [0.1, 0.15) is 10.7 Å². The van der Waals surface area contributed by atoms with Crippen LogP contribution in [0, 0.1) is 0 Å². The summed E-state index contributed by atoms with van der Waals surface area (Å²) in [4.78, 5) is 17.7. The van der Waals surface area contributed by atoms with E-state index in [1.807, 2.05) is 0 Å². The lowest BCUT2D eigenvalue weighted by molar-refractivity contribution is 0.0990. The Morgan fingerprint density at radius 2 is 1.95 bits per heavy atom. The molecule has 0 aliphatic rings. The smallest absolute Gasteiger partial charge is 0.261 e. The van der Waals surface area contributed by atoms with Crippen molar-refractivity contribution in [2.24, 2.45) is 5.73 Å². The van der Waals surface area contributed by atoms with E-state index in [-0.39, 0.29) is 17.2 Å². The normalized spacial score (nSPS) is 10.1. The molecule has 1 heterocycles. The second-order valence-electron chi connectivity index (χ2n) is 4.17. The van der Waals surface area contributed by atoms with Crippen molar-refractivity contribution in [2.75, 3.05) is 11.9 Å². The van der Waals surface area contributed by atoms with E-state index in [0.29, 0.717) is 10.7 Å². The summed E-state index contributed by atoms with van der Waals surface area (Å²) in [5.74, 6) is -0.475. The van der Waals surface area contributed by atoms with Crippen molar-refractivity contribution in [3.05, 3.63) is 53.9 Å². The fourth-order valence-corrected chi connectivity index (χ4v) is 1.85. The molecule has 6 heteroatoms. The van der Waals surface area contributed by atoms with Gasteiger partial charge >= 0.3 is 0 Å². The third-order valence-corrected chi connectivity index (χ3v) is 3.11. The van der Waals surface area contributed by atoms with Gasteiger partial charge in [-0.2, -0.15) is 0 Å². The standard InChI is InChI=1S/C14H13N3O2S/c1-17(10-4-2-9(3-5-10)13(15)20)14(19)11-6-7-16-8-12(11)18/h2-8,18H,1H3,(H2,15,20). The van der Waals surface area contributed by atoms with Gasteiger partial charge in [0, 0.05) is 24.5 Å². The summed E-state index contributed by atoms with van der Waals surface area (Å²) in [6, 6.07) is 8.44. The zero-order valence-corrected chi connectivity index (χ0v) is 11.6. The molecular formula is C14H13N3O2S. The number of aromatic nitrogens is 1. The summed E-state index contributed by atoms with van der Waals surface area (Å²) in [5.41, 5.74) is 7.12. The van der Waals surface area contributed by atoms with Crippen molar-refractivity contribution in [2.45, 2.75) is 0 Å². The van der Waals surface area contributed by atoms with E-state index in [2.05, 4.69) is 4.98 Å². The molecule has 0 atom stereocenters. The molecule has 0 fully saturated rings. The van der Waals surface area contributed by atoms with Gasteiger partial charge in [0.25, 0.3) is 5.91 Å². The van der Waals surface area contributed by atoms with Crippen LogP contribution in [0.15, 0.2) is 42.7 Å². The Morgan fingerprint density at radius 1 is 1.30 bits per heavy atom. The second kappa shape index (κ2) is 5.66. The van der Waals surface area contributed by atoms with Crippen LogP contribution < -0.4 is 10.6 Å². The van der Waals surface area contributed by atoms with Crippen molar-refractivity contribution < 1.29 is 9.90 Å². The SMILES string of the molecule is CN(C(=O)c1ccncc1O)c1ccc(C(N)=S)cc1. The number of nitrogens with zero attached hydrogens (tertiary/aromatic N) is 2. The Kier molecular flexibility index (Phi) is 3.95. The number of thiocarbonyl (C=S) groups is 1. The first-order valence-electron chi connectivity index (χ1n) is 5.81. The molecule has 0 saturated heterocycles. The van der Waals surface area contributed by atoms with E-state index in [4.69, 9.17) is 18.0 Å². The maximum atomic E-state index is 12.3. The minimum Gasteiger partial charge on any atom is -0.505 e. The number of rotatable bonds is 3. The molecule has 102 valence electrons. The minimum absolute atomic E-state index is 0.149. The number of carbonyl (C=O) groups excluding carboxylic acids is 1. The van der Waals surface area contributed by atoms with E-state index in [9.17, 15) is 9.90 Å². The van der Waals surface area contributed by atoms with Gasteiger partial charge in [0.2, 0.25) is 0 Å². The van der Waals surface area contributed by atoms with E-state index >= 15 is 0 Å². The van der Waals surface area contributed by atoms with E-state index in [0.717, 1.165) is 5.56 Å². The Bertz CT molecular complexity index is 656. The largest absolute Gasteiger partial charge is 0.505 e. The Hall–Kier alpha value is -2.47. The molecule has 1 amide bonds. The van der Waals surface area contributed by atoms with Gasteiger partial charge in [-0.3, -0.25) is 9.78 Å². The van der Waals surface area contributed by atoms with Crippen LogP contribution in [0.2, 0.25) is 0 Å². The lowest BCUT2D eigenvalue weighted by atomic mass is 10.1. The predicted molar refractivity (Wildman–Crippen MR) is 81.0 cm³/mol. The molecule has 1 aromatic heterocycles. The number of hydrogen-bond acceptors (Lipinski definition) is 4. The fraction of sp³-hybridized carbons (Fsp3) is 0.0714. The molecule has 0 aliphatic heterocycles. The highest BCUT2D eigenvalue weighted by Crippen LogP contribution is 2.20. The first-order valence-corrected chi connectivity index (χ1v) is 6.22. The number of nitrogens with two attached hydrogens (primary N) is 1. The number of anilines is 1. The van der Waals surface area contributed by atoms with Crippen molar-refractivity contribution in [1.82, 2.24) is 4.98 Å². The van der Waals surface area contributed by atoms with Crippen LogP contribution in [-0.2, 0) is 0 Å². The molecule has 5 nitrogen and oxygen atoms in total. The minimum atomic E-state index is -0.326. The summed E-state index contributed by atoms with van der Waals surface area (Å²) in [5, 5.41) is 9.65. The Labute approximate surface area is 121 Å². The monoisotopic (exact) mass is 287 g/mol. The molecule has 2 aromatic rings. The predicted octanol–water partition coefficient (Wildman–Crippen LogP) is 1.70. The molecule has 0 radical (unpaired) electrons. The van der Waals surface area contributed by atoms with Crippen LogP contribution in [0.1, 0.15) is 15.9 Å². The van der Waals surface area contributed by atoms with Crippen molar-refractivity contribution in [3.8, 4) is 5.75 Å². The van der Waals surface area contributed by atoms with Crippen LogP contribution in [-0.4, -0.2) is 28.0 Å². The fourth-order valence-electron chi connectivity index (χ4n) is 1.71. The highest BCUT2D eigenvalue weighted by atomic mass is 32.1. The van der Waals surface area contributed by atoms with Crippen LogP contribution >= 0.6 is 12.2 Å². The van der Waals surface area contributed by atoms with Gasteiger partial charge in [0.05, 0.1) is 11.8 Å². The number of pyridine rings is 1. The summed E-state index contributed by atoms with van der Waals surface area (Å²) >= 11 is 4.87. The van der Waals surface area contributed by atoms with Crippen molar-refractivity contribution in [1.29, 1.82) is 0 Å². The number of amides is 1.